The molecule has 1 rings (SSSR count). The van der Waals surface area contributed by atoms with Crippen LogP contribution in [0.4, 0.5) is 13.2 Å². The summed E-state index contributed by atoms with van der Waals surface area (Å²) in [6.07, 6.45) is -3.83. The molecule has 1 aromatic heterocycles. The first-order valence-corrected chi connectivity index (χ1v) is 5.37. The minimum atomic E-state index is -4.89. The van der Waals surface area contributed by atoms with E-state index in [9.17, 15) is 18.0 Å². The highest BCUT2D eigenvalue weighted by molar-refractivity contribution is 9.08. The maximum absolute atomic E-state index is 12.1. The summed E-state index contributed by atoms with van der Waals surface area (Å²) in [7, 11) is 1.23. The van der Waals surface area contributed by atoms with Gasteiger partial charge in [0.25, 0.3) is 0 Å². The van der Waals surface area contributed by atoms with Crippen LogP contribution in [0.15, 0.2) is 6.20 Å². The summed E-state index contributed by atoms with van der Waals surface area (Å²) >= 11 is 3.08. The van der Waals surface area contributed by atoms with Crippen LogP contribution in [0.5, 0.6) is 11.5 Å². The van der Waals surface area contributed by atoms with E-state index < -0.39 is 12.1 Å². The maximum atomic E-state index is 12.1. The van der Waals surface area contributed by atoms with E-state index >= 15 is 0 Å². The van der Waals surface area contributed by atoms with Crippen LogP contribution in [0.2, 0.25) is 0 Å². The SMILES string of the molecule is COc1c(CBr)ncc(OC(F)(F)F)c1C=O. The van der Waals surface area contributed by atoms with Crippen molar-refractivity contribution in [3.05, 3.63) is 17.5 Å². The van der Waals surface area contributed by atoms with E-state index in [-0.39, 0.29) is 22.9 Å². The number of aromatic nitrogens is 1. The second kappa shape index (κ2) is 5.35. The van der Waals surface area contributed by atoms with Crippen LogP contribution in [-0.2, 0) is 5.33 Å². The van der Waals surface area contributed by atoms with Gasteiger partial charge < -0.3 is 9.47 Å². The van der Waals surface area contributed by atoms with Crippen LogP contribution in [0, 0.1) is 0 Å². The first-order valence-electron chi connectivity index (χ1n) is 4.25. The van der Waals surface area contributed by atoms with Crippen molar-refractivity contribution >= 4 is 22.2 Å². The molecule has 4 nitrogen and oxygen atoms in total. The van der Waals surface area contributed by atoms with Gasteiger partial charge in [-0.25, -0.2) is 0 Å². The standard InChI is InChI=1S/C9H7BrF3NO3/c1-16-8-5(4-15)7(17-9(11,12)13)3-14-6(8)2-10/h3-4H,2H2,1H3. The Hall–Kier alpha value is -1.31. The third-order valence-corrected chi connectivity index (χ3v) is 2.32. The quantitative estimate of drug-likeness (QED) is 0.633. The Kier molecular flexibility index (Phi) is 4.33. The summed E-state index contributed by atoms with van der Waals surface area (Å²) in [6, 6.07) is 0. The van der Waals surface area contributed by atoms with Crippen molar-refractivity contribution in [3.63, 3.8) is 0 Å². The Bertz CT molecular complexity index is 423. The van der Waals surface area contributed by atoms with Gasteiger partial charge in [0.15, 0.2) is 17.8 Å². The topological polar surface area (TPSA) is 48.4 Å². The number of pyridine rings is 1. The normalized spacial score (nSPS) is 11.1. The Morgan fingerprint density at radius 2 is 2.18 bits per heavy atom. The molecule has 0 spiro atoms. The summed E-state index contributed by atoms with van der Waals surface area (Å²) in [6.45, 7) is 0. The zero-order valence-electron chi connectivity index (χ0n) is 8.55. The molecule has 0 aliphatic carbocycles. The summed E-state index contributed by atoms with van der Waals surface area (Å²) in [4.78, 5) is 14.5. The average Bonchev–Trinajstić information content (AvgIpc) is 2.26. The number of methoxy groups -OCH3 is 1. The van der Waals surface area contributed by atoms with Gasteiger partial charge in [0.2, 0.25) is 0 Å². The van der Waals surface area contributed by atoms with Crippen LogP contribution in [0.3, 0.4) is 0 Å². The minimum Gasteiger partial charge on any atom is -0.494 e. The molecule has 1 aromatic rings. The van der Waals surface area contributed by atoms with Gasteiger partial charge in [-0.3, -0.25) is 9.78 Å². The van der Waals surface area contributed by atoms with Gasteiger partial charge in [0, 0.05) is 5.33 Å². The first-order chi connectivity index (χ1) is 7.92. The lowest BCUT2D eigenvalue weighted by Gasteiger charge is -2.14. The molecule has 0 aromatic carbocycles. The third kappa shape index (κ3) is 3.32. The van der Waals surface area contributed by atoms with Crippen LogP contribution >= 0.6 is 15.9 Å². The molecule has 8 heteroatoms. The molecule has 0 fully saturated rings. The number of hydrogen-bond acceptors (Lipinski definition) is 4. The van der Waals surface area contributed by atoms with Crippen molar-refractivity contribution in [1.29, 1.82) is 0 Å². The fourth-order valence-electron chi connectivity index (χ4n) is 1.17. The fraction of sp³-hybridized carbons (Fsp3) is 0.333. The second-order valence-electron chi connectivity index (χ2n) is 2.82. The highest BCUT2D eigenvalue weighted by atomic mass is 79.9. The molecule has 0 atom stereocenters. The highest BCUT2D eigenvalue weighted by Crippen LogP contribution is 2.33. The summed E-state index contributed by atoms with van der Waals surface area (Å²) in [5.41, 5.74) is -0.0154. The molecule has 0 aliphatic rings. The van der Waals surface area contributed by atoms with Crippen molar-refractivity contribution < 1.29 is 27.4 Å². The summed E-state index contributed by atoms with van der Waals surface area (Å²) < 4.78 is 44.7. The highest BCUT2D eigenvalue weighted by Gasteiger charge is 2.33. The van der Waals surface area contributed by atoms with Crippen molar-refractivity contribution in [1.82, 2.24) is 4.98 Å². The predicted molar refractivity (Wildman–Crippen MR) is 55.5 cm³/mol. The number of aldehydes is 1. The van der Waals surface area contributed by atoms with Crippen LogP contribution in [0.25, 0.3) is 0 Å². The van der Waals surface area contributed by atoms with Crippen molar-refractivity contribution in [3.8, 4) is 11.5 Å². The van der Waals surface area contributed by atoms with Crippen LogP contribution in [0.1, 0.15) is 16.1 Å². The third-order valence-electron chi connectivity index (χ3n) is 1.78. The number of carbonyl (C=O) groups excluding carboxylic acids is 1. The van der Waals surface area contributed by atoms with E-state index in [1.807, 2.05) is 0 Å². The van der Waals surface area contributed by atoms with E-state index in [1.165, 1.54) is 7.11 Å². The van der Waals surface area contributed by atoms with Crippen LogP contribution in [-0.4, -0.2) is 24.7 Å². The maximum Gasteiger partial charge on any atom is 0.573 e. The van der Waals surface area contributed by atoms with Gasteiger partial charge in [-0.2, -0.15) is 0 Å². The lowest BCUT2D eigenvalue weighted by atomic mass is 10.2. The zero-order valence-corrected chi connectivity index (χ0v) is 10.1. The molecule has 0 unspecified atom stereocenters. The predicted octanol–water partition coefficient (Wildman–Crippen LogP) is 2.70. The first kappa shape index (κ1) is 13.8. The van der Waals surface area contributed by atoms with E-state index in [0.717, 1.165) is 6.20 Å². The van der Waals surface area contributed by atoms with Crippen molar-refractivity contribution in [2.45, 2.75) is 11.7 Å². The molecule has 94 valence electrons. The number of alkyl halides is 4. The minimum absolute atomic E-state index is 0.0429. The Morgan fingerprint density at radius 1 is 1.53 bits per heavy atom. The largest absolute Gasteiger partial charge is 0.573 e. The van der Waals surface area contributed by atoms with Gasteiger partial charge in [0.05, 0.1) is 19.0 Å². The molecule has 0 saturated heterocycles. The fourth-order valence-corrected chi connectivity index (χ4v) is 1.57. The van der Waals surface area contributed by atoms with E-state index in [2.05, 4.69) is 25.7 Å². The molecular formula is C9H7BrF3NO3. The second-order valence-corrected chi connectivity index (χ2v) is 3.38. The number of rotatable bonds is 4. The number of carbonyl (C=O) groups is 1. The van der Waals surface area contributed by atoms with Gasteiger partial charge >= 0.3 is 6.36 Å². The Morgan fingerprint density at radius 3 is 2.59 bits per heavy atom. The molecule has 0 radical (unpaired) electrons. The molecule has 1 heterocycles. The molecule has 17 heavy (non-hydrogen) atoms. The van der Waals surface area contributed by atoms with Gasteiger partial charge in [0.1, 0.15) is 5.56 Å². The zero-order chi connectivity index (χ0) is 13.1. The molecule has 0 bridgehead atoms. The smallest absolute Gasteiger partial charge is 0.494 e. The summed E-state index contributed by atoms with van der Waals surface area (Å²) in [5, 5.41) is 0.239. The van der Waals surface area contributed by atoms with Gasteiger partial charge in [-0.1, -0.05) is 15.9 Å². The van der Waals surface area contributed by atoms with Gasteiger partial charge in [-0.15, -0.1) is 13.2 Å². The summed E-state index contributed by atoms with van der Waals surface area (Å²) in [5.74, 6) is -0.729. The van der Waals surface area contributed by atoms with E-state index in [1.54, 1.807) is 0 Å². The number of nitrogens with zero attached hydrogens (tertiary/aromatic N) is 1. The van der Waals surface area contributed by atoms with Crippen LogP contribution < -0.4 is 9.47 Å². The van der Waals surface area contributed by atoms with E-state index in [4.69, 9.17) is 4.74 Å². The average molecular weight is 314 g/mol. The number of hydrogen-bond donors (Lipinski definition) is 0. The molecule has 0 N–H and O–H groups in total. The molecule has 0 saturated carbocycles. The Balaban J connectivity index is 3.28. The Labute approximate surface area is 103 Å². The number of halogens is 4. The van der Waals surface area contributed by atoms with Crippen molar-refractivity contribution in [2.24, 2.45) is 0 Å². The van der Waals surface area contributed by atoms with Crippen molar-refractivity contribution in [2.75, 3.05) is 7.11 Å². The molecule has 0 amide bonds. The number of ether oxygens (including phenoxy) is 2. The molecular weight excluding hydrogens is 307 g/mol. The molecule has 0 aliphatic heterocycles. The lowest BCUT2D eigenvalue weighted by molar-refractivity contribution is -0.274. The monoisotopic (exact) mass is 313 g/mol. The van der Waals surface area contributed by atoms with Gasteiger partial charge in [-0.05, 0) is 0 Å². The van der Waals surface area contributed by atoms with E-state index in [0.29, 0.717) is 5.69 Å². The lowest BCUT2D eigenvalue weighted by Crippen LogP contribution is -2.18.